The second kappa shape index (κ2) is 12.7. The van der Waals surface area contributed by atoms with Crippen molar-refractivity contribution in [2.24, 2.45) is 0 Å². The number of amides is 3. The van der Waals surface area contributed by atoms with Gasteiger partial charge in [0.2, 0.25) is 11.8 Å². The van der Waals surface area contributed by atoms with E-state index in [1.165, 1.54) is 37.5 Å². The van der Waals surface area contributed by atoms with Gasteiger partial charge in [0, 0.05) is 62.0 Å². The molecular weight excluding hydrogens is 659 g/mol. The molecule has 4 fully saturated rings. The quantitative estimate of drug-likeness (QED) is 0.246. The topological polar surface area (TPSA) is 116 Å². The van der Waals surface area contributed by atoms with Gasteiger partial charge in [-0.25, -0.2) is 14.4 Å². The minimum absolute atomic E-state index is 0.0475. The van der Waals surface area contributed by atoms with Crippen LogP contribution in [-0.2, 0) is 15.0 Å². The fraction of sp³-hybridized carbons (Fsp3) is 0.475. The molecule has 0 radical (unpaired) electrons. The number of imidazole rings is 1. The van der Waals surface area contributed by atoms with Crippen LogP contribution >= 0.6 is 0 Å². The van der Waals surface area contributed by atoms with E-state index in [1.54, 1.807) is 14.0 Å². The first kappa shape index (κ1) is 33.0. The van der Waals surface area contributed by atoms with Crippen molar-refractivity contribution in [3.05, 3.63) is 65.7 Å². The van der Waals surface area contributed by atoms with E-state index in [4.69, 9.17) is 9.97 Å². The molecule has 2 saturated carbocycles. The van der Waals surface area contributed by atoms with Gasteiger partial charge in [-0.1, -0.05) is 18.6 Å². The lowest BCUT2D eigenvalue weighted by Gasteiger charge is -2.48. The van der Waals surface area contributed by atoms with E-state index in [0.29, 0.717) is 55.1 Å². The van der Waals surface area contributed by atoms with Crippen molar-refractivity contribution in [1.82, 2.24) is 29.7 Å². The van der Waals surface area contributed by atoms with Crippen LogP contribution < -0.4 is 15.5 Å². The van der Waals surface area contributed by atoms with Crippen LogP contribution in [0, 0.1) is 5.82 Å². The molecule has 0 bridgehead atoms. The summed E-state index contributed by atoms with van der Waals surface area (Å²) < 4.78 is 17.4. The van der Waals surface area contributed by atoms with Crippen LogP contribution in [-0.4, -0.2) is 87.4 Å². The van der Waals surface area contributed by atoms with E-state index < -0.39 is 11.2 Å². The number of pyridine rings is 1. The van der Waals surface area contributed by atoms with Gasteiger partial charge >= 0.3 is 0 Å². The molecule has 3 aliphatic heterocycles. The summed E-state index contributed by atoms with van der Waals surface area (Å²) in [7, 11) is 1.54. The third-order valence-electron chi connectivity index (χ3n) is 12.3. The van der Waals surface area contributed by atoms with Gasteiger partial charge in [-0.05, 0) is 100 Å². The molecule has 5 aliphatic rings. The van der Waals surface area contributed by atoms with Crippen molar-refractivity contribution in [1.29, 1.82) is 0 Å². The molecule has 12 heteroatoms. The normalized spacial score (nSPS) is 22.8. The highest BCUT2D eigenvalue weighted by atomic mass is 19.1. The smallest absolute Gasteiger partial charge is 0.251 e. The number of halogens is 1. The molecule has 2 aromatic heterocycles. The van der Waals surface area contributed by atoms with Crippen LogP contribution in [0.25, 0.3) is 22.3 Å². The standard InChI is InChI=1S/C40H45FN8O3/c1-24(50)46-16-12-40(13-17-46)30-10-6-25(19-35(30)49(39(40)52)29-20-28(21-29)47-14-4-3-5-15-47)32-22-34-36(48(23-43-34)27-8-9-27)37(44-32)45-33-18-26(38(51)42-2)7-11-31(33)41/h6-7,10-11,18-19,22-23,27-29H,3-5,8-9,12-17,20-21H2,1-2H3,(H,42,51)(H,44,45). The molecule has 0 unspecified atom stereocenters. The Hall–Kier alpha value is -4.84. The highest BCUT2D eigenvalue weighted by molar-refractivity contribution is 6.09. The number of anilines is 3. The molecule has 2 saturated heterocycles. The fourth-order valence-electron chi connectivity index (χ4n) is 9.11. The molecule has 4 aromatic rings. The molecule has 5 heterocycles. The van der Waals surface area contributed by atoms with E-state index >= 15 is 4.39 Å². The predicted molar refractivity (Wildman–Crippen MR) is 197 cm³/mol. The number of hydrogen-bond donors (Lipinski definition) is 2. The number of nitrogens with one attached hydrogen (secondary N) is 2. The molecule has 11 nitrogen and oxygen atoms in total. The number of hydrogen-bond acceptors (Lipinski definition) is 7. The minimum atomic E-state index is -0.656. The summed E-state index contributed by atoms with van der Waals surface area (Å²) in [6.07, 6.45) is 10.8. The van der Waals surface area contributed by atoms with Crippen molar-refractivity contribution in [3.8, 4) is 11.3 Å². The zero-order chi connectivity index (χ0) is 35.7. The highest BCUT2D eigenvalue weighted by Crippen LogP contribution is 2.52. The lowest BCUT2D eigenvalue weighted by atomic mass is 9.73. The number of aromatic nitrogens is 3. The van der Waals surface area contributed by atoms with Gasteiger partial charge in [0.05, 0.1) is 28.6 Å². The summed E-state index contributed by atoms with van der Waals surface area (Å²) in [4.78, 5) is 55.8. The van der Waals surface area contributed by atoms with Crippen molar-refractivity contribution < 1.29 is 18.8 Å². The van der Waals surface area contributed by atoms with Crippen molar-refractivity contribution >= 4 is 45.9 Å². The number of carbonyl (C=O) groups excluding carboxylic acids is 3. The van der Waals surface area contributed by atoms with Crippen molar-refractivity contribution in [2.45, 2.75) is 88.3 Å². The highest BCUT2D eigenvalue weighted by Gasteiger charge is 2.55. The summed E-state index contributed by atoms with van der Waals surface area (Å²) in [5.74, 6) is -0.151. The van der Waals surface area contributed by atoms with Gasteiger partial charge in [0.15, 0.2) is 5.82 Å². The summed E-state index contributed by atoms with van der Waals surface area (Å²) in [5, 5.41) is 5.83. The first-order valence-corrected chi connectivity index (χ1v) is 18.9. The average molecular weight is 705 g/mol. The first-order valence-electron chi connectivity index (χ1n) is 18.9. The molecular formula is C40H45FN8O3. The summed E-state index contributed by atoms with van der Waals surface area (Å²) in [6, 6.07) is 13.4. The molecule has 3 amide bonds. The van der Waals surface area contributed by atoms with Crippen LogP contribution in [0.2, 0.25) is 0 Å². The number of rotatable bonds is 7. The summed E-state index contributed by atoms with van der Waals surface area (Å²) in [5.41, 5.74) is 4.80. The van der Waals surface area contributed by atoms with E-state index in [9.17, 15) is 14.4 Å². The summed E-state index contributed by atoms with van der Waals surface area (Å²) >= 11 is 0. The number of fused-ring (bicyclic) bond motifs is 3. The Morgan fingerprint density at radius 2 is 1.69 bits per heavy atom. The molecule has 0 atom stereocenters. The Labute approximate surface area is 302 Å². The number of carbonyl (C=O) groups is 3. The number of likely N-dealkylation sites (tertiary alicyclic amines) is 2. The van der Waals surface area contributed by atoms with E-state index in [1.807, 2.05) is 23.4 Å². The third-order valence-corrected chi connectivity index (χ3v) is 12.3. The maximum atomic E-state index is 15.3. The monoisotopic (exact) mass is 704 g/mol. The van der Waals surface area contributed by atoms with Crippen LogP contribution in [0.15, 0.2) is 48.8 Å². The van der Waals surface area contributed by atoms with Crippen molar-refractivity contribution in [2.75, 3.05) is 43.4 Å². The lowest BCUT2D eigenvalue weighted by Crippen LogP contribution is -2.58. The van der Waals surface area contributed by atoms with Crippen LogP contribution in [0.1, 0.15) is 86.7 Å². The molecule has 2 N–H and O–H groups in total. The van der Waals surface area contributed by atoms with Gasteiger partial charge in [0.25, 0.3) is 5.91 Å². The Kier molecular flexibility index (Phi) is 8.05. The Balaban J connectivity index is 1.11. The van der Waals surface area contributed by atoms with Gasteiger partial charge in [-0.3, -0.25) is 14.4 Å². The molecule has 1 spiro atoms. The van der Waals surface area contributed by atoms with E-state index in [0.717, 1.165) is 66.6 Å². The zero-order valence-corrected chi connectivity index (χ0v) is 29.8. The fourth-order valence-corrected chi connectivity index (χ4v) is 9.11. The number of benzene rings is 2. The van der Waals surface area contributed by atoms with Crippen LogP contribution in [0.4, 0.5) is 21.6 Å². The van der Waals surface area contributed by atoms with Gasteiger partial charge in [-0.15, -0.1) is 0 Å². The molecule has 9 rings (SSSR count). The van der Waals surface area contributed by atoms with E-state index in [2.05, 4.69) is 37.1 Å². The SMILES string of the molecule is CNC(=O)c1ccc(F)c(Nc2nc(-c3ccc4c(c3)N(C3CC(N5CCCCC5)C3)C(=O)C43CCN(C(C)=O)CC3)cc3ncn(C4CC4)c23)c1. The van der Waals surface area contributed by atoms with Crippen molar-refractivity contribution in [3.63, 3.8) is 0 Å². The van der Waals surface area contributed by atoms with Gasteiger partial charge in [0.1, 0.15) is 11.3 Å². The number of piperidine rings is 2. The molecule has 52 heavy (non-hydrogen) atoms. The number of nitrogens with zero attached hydrogens (tertiary/aromatic N) is 6. The van der Waals surface area contributed by atoms with Crippen LogP contribution in [0.3, 0.4) is 0 Å². The zero-order valence-electron chi connectivity index (χ0n) is 29.8. The average Bonchev–Trinajstić information content (AvgIpc) is 3.86. The van der Waals surface area contributed by atoms with Gasteiger partial charge in [-0.2, -0.15) is 0 Å². The van der Waals surface area contributed by atoms with E-state index in [-0.39, 0.29) is 29.5 Å². The van der Waals surface area contributed by atoms with Gasteiger partial charge < -0.3 is 29.9 Å². The predicted octanol–water partition coefficient (Wildman–Crippen LogP) is 5.92. The second-order valence-corrected chi connectivity index (χ2v) is 15.4. The Morgan fingerprint density at radius 1 is 0.923 bits per heavy atom. The van der Waals surface area contributed by atoms with Crippen LogP contribution in [0.5, 0.6) is 0 Å². The maximum absolute atomic E-state index is 15.3. The Bertz CT molecular complexity index is 2090. The summed E-state index contributed by atoms with van der Waals surface area (Å²) in [6.45, 7) is 5.00. The minimum Gasteiger partial charge on any atom is -0.355 e. The third kappa shape index (κ3) is 5.45. The molecule has 2 aliphatic carbocycles. The second-order valence-electron chi connectivity index (χ2n) is 15.4. The molecule has 270 valence electrons. The first-order chi connectivity index (χ1) is 25.2. The molecule has 2 aromatic carbocycles. The lowest BCUT2D eigenvalue weighted by molar-refractivity contribution is -0.134. The Morgan fingerprint density at radius 3 is 2.40 bits per heavy atom. The largest absolute Gasteiger partial charge is 0.355 e. The maximum Gasteiger partial charge on any atom is 0.251 e.